The van der Waals surface area contributed by atoms with Crippen molar-refractivity contribution >= 4 is 23.6 Å². The van der Waals surface area contributed by atoms with Gasteiger partial charge in [-0.25, -0.2) is 4.79 Å². The molecule has 4 nitrogen and oxygen atoms in total. The fourth-order valence-electron chi connectivity index (χ4n) is 1.83. The number of aliphatic carboxylic acids is 1. The molecule has 116 valence electrons. The summed E-state index contributed by atoms with van der Waals surface area (Å²) in [6.45, 7) is 4.03. The van der Waals surface area contributed by atoms with Crippen LogP contribution in [-0.4, -0.2) is 28.8 Å². The summed E-state index contributed by atoms with van der Waals surface area (Å²) in [5.74, 6) is -0.504. The van der Waals surface area contributed by atoms with Gasteiger partial charge in [-0.1, -0.05) is 37.5 Å². The summed E-state index contributed by atoms with van der Waals surface area (Å²) in [5, 5.41) is 11.7. The zero-order valence-corrected chi connectivity index (χ0v) is 13.4. The number of amides is 1. The van der Waals surface area contributed by atoms with Crippen LogP contribution in [0.15, 0.2) is 29.2 Å². The maximum absolute atomic E-state index is 11.8. The molecule has 0 saturated carbocycles. The standard InChI is InChI=1S/C16H23NO3S/c1-3-4-5-14(16(19)20)17-15(18)10-11-21-13-8-6-12(2)7-9-13/h6-9,14H,3-5,10-11H2,1-2H3,(H,17,18)(H,19,20). The van der Waals surface area contributed by atoms with Gasteiger partial charge in [0.1, 0.15) is 6.04 Å². The van der Waals surface area contributed by atoms with Crippen LogP contribution in [0.5, 0.6) is 0 Å². The largest absolute Gasteiger partial charge is 0.480 e. The number of benzene rings is 1. The monoisotopic (exact) mass is 309 g/mol. The Morgan fingerprint density at radius 2 is 1.95 bits per heavy atom. The maximum atomic E-state index is 11.8. The number of unbranched alkanes of at least 4 members (excludes halogenated alkanes) is 1. The van der Waals surface area contributed by atoms with Gasteiger partial charge in [0, 0.05) is 17.1 Å². The van der Waals surface area contributed by atoms with Gasteiger partial charge < -0.3 is 10.4 Å². The van der Waals surface area contributed by atoms with Crippen LogP contribution in [-0.2, 0) is 9.59 Å². The first-order chi connectivity index (χ1) is 10.0. The summed E-state index contributed by atoms with van der Waals surface area (Å²) in [6, 6.07) is 7.36. The van der Waals surface area contributed by atoms with E-state index in [4.69, 9.17) is 5.11 Å². The molecule has 1 unspecified atom stereocenters. The van der Waals surface area contributed by atoms with E-state index in [-0.39, 0.29) is 5.91 Å². The number of carboxylic acids is 1. The van der Waals surface area contributed by atoms with Crippen LogP contribution < -0.4 is 5.32 Å². The first kappa shape index (κ1) is 17.6. The summed E-state index contributed by atoms with van der Waals surface area (Å²) >= 11 is 1.60. The van der Waals surface area contributed by atoms with Crippen LogP contribution >= 0.6 is 11.8 Å². The lowest BCUT2D eigenvalue weighted by atomic mass is 10.1. The predicted molar refractivity (Wildman–Crippen MR) is 85.6 cm³/mol. The summed E-state index contributed by atoms with van der Waals surface area (Å²) in [7, 11) is 0. The Kier molecular flexibility index (Phi) is 7.90. The molecule has 0 bridgehead atoms. The van der Waals surface area contributed by atoms with Crippen LogP contribution in [0.1, 0.15) is 38.2 Å². The Hall–Kier alpha value is -1.49. The van der Waals surface area contributed by atoms with E-state index in [2.05, 4.69) is 5.32 Å². The molecule has 0 spiro atoms. The van der Waals surface area contributed by atoms with Crippen molar-refractivity contribution in [1.29, 1.82) is 0 Å². The van der Waals surface area contributed by atoms with Crippen molar-refractivity contribution in [3.05, 3.63) is 29.8 Å². The molecule has 0 fully saturated rings. The zero-order valence-electron chi connectivity index (χ0n) is 12.6. The normalized spacial score (nSPS) is 11.9. The van der Waals surface area contributed by atoms with E-state index in [1.165, 1.54) is 5.56 Å². The minimum atomic E-state index is -0.956. The maximum Gasteiger partial charge on any atom is 0.326 e. The Bertz CT molecular complexity index is 459. The smallest absolute Gasteiger partial charge is 0.326 e. The van der Waals surface area contributed by atoms with Gasteiger partial charge in [-0.3, -0.25) is 4.79 Å². The molecule has 0 aliphatic rings. The molecular formula is C16H23NO3S. The predicted octanol–water partition coefficient (Wildman–Crippen LogP) is 3.24. The minimum absolute atomic E-state index is 0.196. The average Bonchev–Trinajstić information content (AvgIpc) is 2.45. The van der Waals surface area contributed by atoms with E-state index >= 15 is 0 Å². The van der Waals surface area contributed by atoms with E-state index < -0.39 is 12.0 Å². The number of carbonyl (C=O) groups is 2. The van der Waals surface area contributed by atoms with Crippen molar-refractivity contribution in [2.75, 3.05) is 5.75 Å². The van der Waals surface area contributed by atoms with Gasteiger partial charge in [-0.05, 0) is 25.5 Å². The number of aryl methyl sites for hydroxylation is 1. The van der Waals surface area contributed by atoms with Crippen LogP contribution in [0.25, 0.3) is 0 Å². The van der Waals surface area contributed by atoms with Crippen LogP contribution in [0.2, 0.25) is 0 Å². The number of carboxylic acid groups (broad SMARTS) is 1. The van der Waals surface area contributed by atoms with Gasteiger partial charge in [-0.15, -0.1) is 11.8 Å². The van der Waals surface area contributed by atoms with Crippen molar-refractivity contribution in [3.8, 4) is 0 Å². The lowest BCUT2D eigenvalue weighted by Gasteiger charge is -2.13. The van der Waals surface area contributed by atoms with Crippen LogP contribution in [0.3, 0.4) is 0 Å². The number of carbonyl (C=O) groups excluding carboxylic acids is 1. The SMILES string of the molecule is CCCCC(NC(=O)CCSc1ccc(C)cc1)C(=O)O. The summed E-state index contributed by atoms with van der Waals surface area (Å²) in [4.78, 5) is 23.9. The van der Waals surface area contributed by atoms with Crippen LogP contribution in [0.4, 0.5) is 0 Å². The highest BCUT2D eigenvalue weighted by Crippen LogP contribution is 2.18. The van der Waals surface area contributed by atoms with E-state index in [0.29, 0.717) is 18.6 Å². The average molecular weight is 309 g/mol. The molecule has 0 radical (unpaired) electrons. The summed E-state index contributed by atoms with van der Waals surface area (Å²) in [6.07, 6.45) is 2.54. The van der Waals surface area contributed by atoms with Crippen molar-refractivity contribution < 1.29 is 14.7 Å². The molecule has 1 atom stereocenters. The zero-order chi connectivity index (χ0) is 15.7. The third-order valence-electron chi connectivity index (χ3n) is 3.10. The molecule has 1 aromatic rings. The molecule has 5 heteroatoms. The lowest BCUT2D eigenvalue weighted by molar-refractivity contribution is -0.142. The topological polar surface area (TPSA) is 66.4 Å². The fraction of sp³-hybridized carbons (Fsp3) is 0.500. The van der Waals surface area contributed by atoms with Gasteiger partial charge in [0.05, 0.1) is 0 Å². The van der Waals surface area contributed by atoms with E-state index in [9.17, 15) is 9.59 Å². The van der Waals surface area contributed by atoms with Gasteiger partial charge >= 0.3 is 5.97 Å². The van der Waals surface area contributed by atoms with Crippen molar-refractivity contribution in [2.24, 2.45) is 0 Å². The second-order valence-electron chi connectivity index (χ2n) is 5.01. The molecule has 0 aromatic heterocycles. The highest BCUT2D eigenvalue weighted by Gasteiger charge is 2.18. The Morgan fingerprint density at radius 3 is 2.52 bits per heavy atom. The van der Waals surface area contributed by atoms with Crippen molar-refractivity contribution in [2.45, 2.75) is 50.5 Å². The Balaban J connectivity index is 2.32. The molecule has 0 saturated heterocycles. The van der Waals surface area contributed by atoms with Gasteiger partial charge in [0.2, 0.25) is 5.91 Å². The molecule has 21 heavy (non-hydrogen) atoms. The molecule has 1 amide bonds. The quantitative estimate of drug-likeness (QED) is 0.687. The fourth-order valence-corrected chi connectivity index (χ4v) is 2.68. The number of thioether (sulfide) groups is 1. The molecule has 2 N–H and O–H groups in total. The first-order valence-corrected chi connectivity index (χ1v) is 8.23. The number of hydrogen-bond donors (Lipinski definition) is 2. The van der Waals surface area contributed by atoms with Crippen molar-refractivity contribution in [3.63, 3.8) is 0 Å². The highest BCUT2D eigenvalue weighted by molar-refractivity contribution is 7.99. The first-order valence-electron chi connectivity index (χ1n) is 7.24. The van der Waals surface area contributed by atoms with Gasteiger partial charge in [0.15, 0.2) is 0 Å². The third-order valence-corrected chi connectivity index (χ3v) is 4.11. The molecule has 1 aromatic carbocycles. The van der Waals surface area contributed by atoms with Gasteiger partial charge in [0.25, 0.3) is 0 Å². The highest BCUT2D eigenvalue weighted by atomic mass is 32.2. The second-order valence-corrected chi connectivity index (χ2v) is 6.18. The molecule has 1 rings (SSSR count). The molecular weight excluding hydrogens is 286 g/mol. The van der Waals surface area contributed by atoms with Crippen molar-refractivity contribution in [1.82, 2.24) is 5.32 Å². The lowest BCUT2D eigenvalue weighted by Crippen LogP contribution is -2.40. The number of nitrogens with one attached hydrogen (secondary N) is 1. The van der Waals surface area contributed by atoms with Crippen LogP contribution in [0, 0.1) is 6.92 Å². The number of rotatable bonds is 9. The summed E-state index contributed by atoms with van der Waals surface area (Å²) in [5.41, 5.74) is 1.21. The summed E-state index contributed by atoms with van der Waals surface area (Å²) < 4.78 is 0. The second kappa shape index (κ2) is 9.45. The third kappa shape index (κ3) is 7.18. The van der Waals surface area contributed by atoms with E-state index in [0.717, 1.165) is 17.7 Å². The van der Waals surface area contributed by atoms with E-state index in [1.807, 2.05) is 38.1 Å². The number of hydrogen-bond acceptors (Lipinski definition) is 3. The Labute approximate surface area is 130 Å². The minimum Gasteiger partial charge on any atom is -0.480 e. The molecule has 0 heterocycles. The molecule has 0 aliphatic carbocycles. The van der Waals surface area contributed by atoms with Gasteiger partial charge in [-0.2, -0.15) is 0 Å². The van der Waals surface area contributed by atoms with E-state index in [1.54, 1.807) is 11.8 Å². The Morgan fingerprint density at radius 1 is 1.29 bits per heavy atom. The molecule has 0 aliphatic heterocycles.